The number of hydrogen-bond acceptors (Lipinski definition) is 8. The summed E-state index contributed by atoms with van der Waals surface area (Å²) in [5.41, 5.74) is 0.626. The maximum atomic E-state index is 14.7. The third kappa shape index (κ3) is 7.77. The highest BCUT2D eigenvalue weighted by Crippen LogP contribution is 2.28. The summed E-state index contributed by atoms with van der Waals surface area (Å²) in [4.78, 5) is 58.0. The maximum Gasteiger partial charge on any atom is 0.291 e. The van der Waals surface area contributed by atoms with Crippen molar-refractivity contribution < 1.29 is 33.1 Å². The molecule has 2 saturated heterocycles. The molecule has 1 unspecified atom stereocenters. The van der Waals surface area contributed by atoms with Crippen molar-refractivity contribution in [3.8, 4) is 11.3 Å². The molecule has 0 aliphatic carbocycles. The first kappa shape index (κ1) is 34.2. The highest BCUT2D eigenvalue weighted by Gasteiger charge is 2.30. The molecule has 4 N–H and O–H groups in total. The van der Waals surface area contributed by atoms with E-state index in [0.717, 1.165) is 25.6 Å². The van der Waals surface area contributed by atoms with E-state index in [4.69, 9.17) is 21.5 Å². The molecule has 2 fully saturated rings. The van der Waals surface area contributed by atoms with Crippen molar-refractivity contribution in [1.82, 2.24) is 30.1 Å². The van der Waals surface area contributed by atoms with Crippen LogP contribution in [0.1, 0.15) is 40.2 Å². The maximum absolute atomic E-state index is 14.7. The second-order valence-corrected chi connectivity index (χ2v) is 11.5. The molecule has 246 valence electrons. The molecule has 5 rings (SSSR count). The minimum atomic E-state index is -0.902. The van der Waals surface area contributed by atoms with Crippen molar-refractivity contribution in [3.63, 3.8) is 0 Å². The van der Waals surface area contributed by atoms with Crippen LogP contribution in [0, 0.1) is 17.7 Å². The van der Waals surface area contributed by atoms with Gasteiger partial charge in [-0.1, -0.05) is 11.6 Å². The Morgan fingerprint density at radius 1 is 1.15 bits per heavy atom. The molecule has 3 amide bonds. The van der Waals surface area contributed by atoms with Crippen LogP contribution in [0.2, 0.25) is 5.02 Å². The van der Waals surface area contributed by atoms with Crippen LogP contribution in [0.4, 0.5) is 20.3 Å². The molecule has 46 heavy (non-hydrogen) atoms. The zero-order valence-electron chi connectivity index (χ0n) is 25.5. The van der Waals surface area contributed by atoms with E-state index in [2.05, 4.69) is 25.9 Å². The van der Waals surface area contributed by atoms with E-state index in [1.54, 1.807) is 25.1 Å². The Morgan fingerprint density at radius 3 is 2.46 bits per heavy atom. The van der Waals surface area contributed by atoms with Crippen molar-refractivity contribution in [2.75, 3.05) is 50.5 Å². The van der Waals surface area contributed by atoms with Crippen molar-refractivity contribution >= 4 is 47.3 Å². The molecule has 2 aliphatic heterocycles. The Kier molecular flexibility index (Phi) is 11.2. The molecule has 13 nitrogen and oxygen atoms in total. The molecule has 1 atom stereocenters. The Balaban J connectivity index is 0.00000154. The number of nitrogens with one attached hydrogen (secondary N) is 3. The third-order valence-electron chi connectivity index (χ3n) is 7.82. The van der Waals surface area contributed by atoms with Crippen LogP contribution in [-0.2, 0) is 16.6 Å². The van der Waals surface area contributed by atoms with Gasteiger partial charge in [-0.3, -0.25) is 19.2 Å². The minimum Gasteiger partial charge on any atom is -0.483 e. The topological polar surface area (TPSA) is 162 Å². The summed E-state index contributed by atoms with van der Waals surface area (Å²) in [5.74, 6) is -2.78. The highest BCUT2D eigenvalue weighted by molar-refractivity contribution is 6.34. The lowest BCUT2D eigenvalue weighted by Gasteiger charge is -2.32. The van der Waals surface area contributed by atoms with E-state index < -0.39 is 17.7 Å². The molecule has 2 aliphatic rings. The number of aromatic nitrogens is 3. The number of nitrogens with zero attached hydrogens (tertiary/aromatic N) is 5. The number of pyridine rings is 1. The summed E-state index contributed by atoms with van der Waals surface area (Å²) in [5, 5.41) is 16.0. The quantitative estimate of drug-likeness (QED) is 0.221. The standard InChI is InChI=1S/C29H33ClF2N8O3.CH2O2/c1-38(2)25-22(31)13-20(24(32)37-25)23-15-34-26(39(23)3)28(42)35-17-4-5-19(21(30)12-17)29(43)40-10-7-16(8-11-40)27(41)36-18-6-9-33-14-18;2-1-3/h4-5,12-13,15-16,18,33H,6-11,14H2,1-3H3,(H,35,42)(H,36,41);1H,(H,2,3). The summed E-state index contributed by atoms with van der Waals surface area (Å²) in [6, 6.07) is 5.72. The molecule has 3 aromatic rings. The van der Waals surface area contributed by atoms with Crippen LogP contribution >= 0.6 is 11.6 Å². The van der Waals surface area contributed by atoms with E-state index in [-0.39, 0.29) is 63.7 Å². The van der Waals surface area contributed by atoms with Crippen LogP contribution in [-0.4, -0.2) is 95.1 Å². The molecular weight excluding hydrogens is 626 g/mol. The summed E-state index contributed by atoms with van der Waals surface area (Å²) in [7, 11) is 4.60. The summed E-state index contributed by atoms with van der Waals surface area (Å²) >= 11 is 6.45. The second kappa shape index (κ2) is 15.1. The smallest absolute Gasteiger partial charge is 0.291 e. The molecule has 1 aromatic carbocycles. The molecule has 16 heteroatoms. The summed E-state index contributed by atoms with van der Waals surface area (Å²) in [6.45, 7) is 2.31. The number of piperidine rings is 1. The predicted octanol–water partition coefficient (Wildman–Crippen LogP) is 2.76. The molecular formula is C30H35ClF2N8O5. The molecule has 0 bridgehead atoms. The van der Waals surface area contributed by atoms with Gasteiger partial charge in [0.25, 0.3) is 18.3 Å². The Morgan fingerprint density at radius 2 is 1.85 bits per heavy atom. The minimum absolute atomic E-state index is 0.0370. The fraction of sp³-hybridized carbons (Fsp3) is 0.400. The van der Waals surface area contributed by atoms with Crippen LogP contribution in [0.3, 0.4) is 0 Å². The number of carbonyl (C=O) groups is 4. The van der Waals surface area contributed by atoms with E-state index in [1.807, 2.05) is 0 Å². The lowest BCUT2D eigenvalue weighted by atomic mass is 9.95. The van der Waals surface area contributed by atoms with Gasteiger partial charge in [0.1, 0.15) is 0 Å². The number of halogens is 3. The van der Waals surface area contributed by atoms with Crippen LogP contribution in [0.25, 0.3) is 11.3 Å². The number of carbonyl (C=O) groups excluding carboxylic acids is 3. The highest BCUT2D eigenvalue weighted by atomic mass is 35.5. The van der Waals surface area contributed by atoms with E-state index in [9.17, 15) is 23.2 Å². The molecule has 0 radical (unpaired) electrons. The average Bonchev–Trinajstić information content (AvgIpc) is 3.67. The van der Waals surface area contributed by atoms with Gasteiger partial charge in [0.2, 0.25) is 11.9 Å². The van der Waals surface area contributed by atoms with Gasteiger partial charge in [0.15, 0.2) is 17.5 Å². The molecule has 0 spiro atoms. The number of amides is 3. The number of carboxylic acid groups (broad SMARTS) is 1. The number of imidazole rings is 1. The Labute approximate surface area is 268 Å². The first-order valence-corrected chi connectivity index (χ1v) is 14.9. The Hall–Kier alpha value is -4.63. The van der Waals surface area contributed by atoms with Gasteiger partial charge in [-0.25, -0.2) is 9.37 Å². The fourth-order valence-electron chi connectivity index (χ4n) is 5.39. The number of likely N-dealkylation sites (tertiary alicyclic amines) is 1. The van der Waals surface area contributed by atoms with E-state index in [0.29, 0.717) is 31.6 Å². The number of benzene rings is 1. The SMILES string of the molecule is CN(C)c1nc(F)c(-c2cnc(C(=O)Nc3ccc(C(=O)N4CCC(C(=O)NC5CCNC5)CC4)c(Cl)c3)n2C)cc1F.O=CO. The first-order chi connectivity index (χ1) is 21.9. The second-order valence-electron chi connectivity index (χ2n) is 11.1. The van der Waals surface area contributed by atoms with Gasteiger partial charge in [-0.15, -0.1) is 0 Å². The molecule has 4 heterocycles. The van der Waals surface area contributed by atoms with Gasteiger partial charge in [0.05, 0.1) is 28.0 Å². The van der Waals surface area contributed by atoms with Gasteiger partial charge < -0.3 is 35.4 Å². The number of hydrogen-bond donors (Lipinski definition) is 4. The van der Waals surface area contributed by atoms with Gasteiger partial charge in [-0.2, -0.15) is 9.37 Å². The fourth-order valence-corrected chi connectivity index (χ4v) is 5.65. The van der Waals surface area contributed by atoms with Crippen molar-refractivity contribution in [2.24, 2.45) is 13.0 Å². The van der Waals surface area contributed by atoms with Gasteiger partial charge in [0, 0.05) is 58.4 Å². The normalized spacial score (nSPS) is 16.3. The lowest BCUT2D eigenvalue weighted by Crippen LogP contribution is -2.45. The first-order valence-electron chi connectivity index (χ1n) is 14.5. The zero-order chi connectivity index (χ0) is 33.5. The predicted molar refractivity (Wildman–Crippen MR) is 167 cm³/mol. The molecule has 0 saturated carbocycles. The molecule has 2 aromatic heterocycles. The average molecular weight is 661 g/mol. The number of anilines is 2. The summed E-state index contributed by atoms with van der Waals surface area (Å²) in [6.07, 6.45) is 3.33. The van der Waals surface area contributed by atoms with Gasteiger partial charge in [-0.05, 0) is 50.1 Å². The summed E-state index contributed by atoms with van der Waals surface area (Å²) < 4.78 is 30.5. The van der Waals surface area contributed by atoms with Crippen LogP contribution in [0.5, 0.6) is 0 Å². The lowest BCUT2D eigenvalue weighted by molar-refractivity contribution is -0.127. The third-order valence-corrected chi connectivity index (χ3v) is 8.13. The largest absolute Gasteiger partial charge is 0.483 e. The van der Waals surface area contributed by atoms with Gasteiger partial charge >= 0.3 is 0 Å². The van der Waals surface area contributed by atoms with Crippen molar-refractivity contribution in [2.45, 2.75) is 25.3 Å². The zero-order valence-corrected chi connectivity index (χ0v) is 26.3. The van der Waals surface area contributed by atoms with E-state index >= 15 is 0 Å². The van der Waals surface area contributed by atoms with E-state index in [1.165, 1.54) is 34.8 Å². The van der Waals surface area contributed by atoms with Crippen LogP contribution in [0.15, 0.2) is 30.5 Å². The van der Waals surface area contributed by atoms with Crippen molar-refractivity contribution in [3.05, 3.63) is 58.6 Å². The number of rotatable bonds is 7. The van der Waals surface area contributed by atoms with Crippen LogP contribution < -0.4 is 20.9 Å². The Bertz CT molecular complexity index is 1600. The van der Waals surface area contributed by atoms with Crippen molar-refractivity contribution in [1.29, 1.82) is 0 Å². The monoisotopic (exact) mass is 660 g/mol.